The van der Waals surface area contributed by atoms with Crippen LogP contribution in [0.5, 0.6) is 17.2 Å². The Morgan fingerprint density at radius 1 is 0.767 bits per heavy atom. The Bertz CT molecular complexity index is 1080. The highest BCUT2D eigenvalue weighted by Crippen LogP contribution is 2.47. The van der Waals surface area contributed by atoms with Crippen molar-refractivity contribution in [2.75, 3.05) is 21.3 Å². The number of nitrogens with zero attached hydrogens (tertiary/aromatic N) is 2. The maximum absolute atomic E-state index is 5.57. The summed E-state index contributed by atoms with van der Waals surface area (Å²) in [4.78, 5) is 10.00. The molecule has 0 aliphatic heterocycles. The van der Waals surface area contributed by atoms with Crippen molar-refractivity contribution in [2.24, 2.45) is 0 Å². The van der Waals surface area contributed by atoms with Gasteiger partial charge in [0.1, 0.15) is 11.6 Å². The molecule has 2 aliphatic rings. The number of ether oxygens (including phenoxy) is 3. The third kappa shape index (κ3) is 3.47. The molecule has 2 atom stereocenters. The molecule has 0 saturated heterocycles. The van der Waals surface area contributed by atoms with Crippen LogP contribution in [0.1, 0.15) is 66.9 Å². The number of benzene rings is 2. The van der Waals surface area contributed by atoms with Gasteiger partial charge in [-0.3, -0.25) is 0 Å². The smallest absolute Gasteiger partial charge is 0.162 e. The van der Waals surface area contributed by atoms with Gasteiger partial charge >= 0.3 is 0 Å². The van der Waals surface area contributed by atoms with Crippen molar-refractivity contribution in [1.82, 2.24) is 9.97 Å². The summed E-state index contributed by atoms with van der Waals surface area (Å²) < 4.78 is 16.5. The second-order valence-corrected chi connectivity index (χ2v) is 8.45. The fourth-order valence-corrected chi connectivity index (χ4v) is 4.76. The van der Waals surface area contributed by atoms with Gasteiger partial charge in [-0.05, 0) is 61.8 Å². The van der Waals surface area contributed by atoms with Crippen LogP contribution in [0, 0.1) is 0 Å². The summed E-state index contributed by atoms with van der Waals surface area (Å²) in [5.41, 5.74) is 3.49. The Balaban J connectivity index is 1.54. The SMILES string of the molecule is COc1cccc(C2CCC(c3nc(C4CC4)nc4cc(OC)c(OC)cc34)C2)c1. The van der Waals surface area contributed by atoms with Crippen molar-refractivity contribution >= 4 is 10.9 Å². The standard InChI is InChI=1S/C25H28N2O3/c1-28-19-6-4-5-16(12-19)17-9-10-18(11-17)24-20-13-22(29-2)23(30-3)14-21(20)26-25(27-24)15-7-8-15/h4-6,12-15,17-18H,7-11H2,1-3H3. The van der Waals surface area contributed by atoms with Gasteiger partial charge in [0, 0.05) is 23.3 Å². The van der Waals surface area contributed by atoms with Crippen LogP contribution in [-0.2, 0) is 0 Å². The molecule has 0 amide bonds. The second-order valence-electron chi connectivity index (χ2n) is 8.45. The maximum Gasteiger partial charge on any atom is 0.162 e. The summed E-state index contributed by atoms with van der Waals surface area (Å²) in [6.45, 7) is 0. The van der Waals surface area contributed by atoms with E-state index in [1.807, 2.05) is 12.1 Å². The molecule has 5 nitrogen and oxygen atoms in total. The van der Waals surface area contributed by atoms with Gasteiger partial charge in [0.15, 0.2) is 11.5 Å². The van der Waals surface area contributed by atoms with E-state index in [1.54, 1.807) is 21.3 Å². The minimum absolute atomic E-state index is 0.419. The molecule has 30 heavy (non-hydrogen) atoms. The molecule has 2 fully saturated rings. The van der Waals surface area contributed by atoms with E-state index in [1.165, 1.54) is 24.1 Å². The van der Waals surface area contributed by atoms with Gasteiger partial charge in [-0.15, -0.1) is 0 Å². The molecular formula is C25H28N2O3. The van der Waals surface area contributed by atoms with Gasteiger partial charge in [-0.25, -0.2) is 9.97 Å². The highest BCUT2D eigenvalue weighted by atomic mass is 16.5. The molecule has 2 aliphatic carbocycles. The molecule has 3 aromatic rings. The average Bonchev–Trinajstić information content (AvgIpc) is 3.53. The molecule has 0 bridgehead atoms. The van der Waals surface area contributed by atoms with Gasteiger partial charge in [0.25, 0.3) is 0 Å². The molecule has 0 radical (unpaired) electrons. The van der Waals surface area contributed by atoms with Crippen LogP contribution >= 0.6 is 0 Å². The predicted octanol–water partition coefficient (Wildman–Crippen LogP) is 5.58. The molecule has 156 valence electrons. The van der Waals surface area contributed by atoms with Crippen molar-refractivity contribution in [3.63, 3.8) is 0 Å². The first-order valence-corrected chi connectivity index (χ1v) is 10.8. The number of fused-ring (bicyclic) bond motifs is 1. The Hall–Kier alpha value is -2.82. The van der Waals surface area contributed by atoms with Crippen LogP contribution in [-0.4, -0.2) is 31.3 Å². The minimum atomic E-state index is 0.419. The van der Waals surface area contributed by atoms with Crippen molar-refractivity contribution in [1.29, 1.82) is 0 Å². The third-order valence-electron chi connectivity index (χ3n) is 6.57. The van der Waals surface area contributed by atoms with Gasteiger partial charge < -0.3 is 14.2 Å². The topological polar surface area (TPSA) is 53.5 Å². The zero-order valence-corrected chi connectivity index (χ0v) is 17.9. The fraction of sp³-hybridized carbons (Fsp3) is 0.440. The molecule has 5 heteroatoms. The van der Waals surface area contributed by atoms with E-state index in [0.717, 1.165) is 53.2 Å². The first-order chi connectivity index (χ1) is 14.7. The zero-order valence-electron chi connectivity index (χ0n) is 17.9. The Morgan fingerprint density at radius 2 is 1.50 bits per heavy atom. The van der Waals surface area contributed by atoms with Crippen LogP contribution in [0.2, 0.25) is 0 Å². The van der Waals surface area contributed by atoms with Crippen molar-refractivity contribution < 1.29 is 14.2 Å². The molecule has 2 unspecified atom stereocenters. The van der Waals surface area contributed by atoms with Gasteiger partial charge in [-0.1, -0.05) is 12.1 Å². The van der Waals surface area contributed by atoms with Crippen LogP contribution in [0.3, 0.4) is 0 Å². The maximum atomic E-state index is 5.57. The second kappa shape index (κ2) is 7.78. The summed E-state index contributed by atoms with van der Waals surface area (Å²) in [7, 11) is 5.07. The van der Waals surface area contributed by atoms with E-state index in [0.29, 0.717) is 17.8 Å². The van der Waals surface area contributed by atoms with E-state index >= 15 is 0 Å². The highest BCUT2D eigenvalue weighted by Gasteiger charge is 2.33. The number of hydrogen-bond acceptors (Lipinski definition) is 5. The molecule has 0 N–H and O–H groups in total. The lowest BCUT2D eigenvalue weighted by Crippen LogP contribution is -2.05. The molecule has 2 saturated carbocycles. The lowest BCUT2D eigenvalue weighted by molar-refractivity contribution is 0.355. The van der Waals surface area contributed by atoms with Crippen LogP contribution in [0.4, 0.5) is 0 Å². The van der Waals surface area contributed by atoms with Crippen molar-refractivity contribution in [2.45, 2.75) is 49.9 Å². The van der Waals surface area contributed by atoms with Gasteiger partial charge in [0.2, 0.25) is 0 Å². The van der Waals surface area contributed by atoms with Crippen molar-refractivity contribution in [3.05, 3.63) is 53.5 Å². The molecule has 0 spiro atoms. The van der Waals surface area contributed by atoms with Crippen LogP contribution in [0.25, 0.3) is 10.9 Å². The summed E-state index contributed by atoms with van der Waals surface area (Å²) in [5, 5.41) is 1.09. The number of rotatable bonds is 6. The van der Waals surface area contributed by atoms with E-state index < -0.39 is 0 Å². The van der Waals surface area contributed by atoms with E-state index in [9.17, 15) is 0 Å². The van der Waals surface area contributed by atoms with Crippen molar-refractivity contribution in [3.8, 4) is 17.2 Å². The number of aromatic nitrogens is 2. The first kappa shape index (κ1) is 19.2. The normalized spacial score (nSPS) is 21.0. The largest absolute Gasteiger partial charge is 0.497 e. The first-order valence-electron chi connectivity index (χ1n) is 10.8. The Kier molecular flexibility index (Phi) is 4.97. The quantitative estimate of drug-likeness (QED) is 0.536. The summed E-state index contributed by atoms with van der Waals surface area (Å²) in [6.07, 6.45) is 5.77. The minimum Gasteiger partial charge on any atom is -0.497 e. The lowest BCUT2D eigenvalue weighted by Gasteiger charge is -2.17. The molecule has 5 rings (SSSR count). The van der Waals surface area contributed by atoms with Crippen LogP contribution < -0.4 is 14.2 Å². The summed E-state index contributed by atoms with van der Waals surface area (Å²) in [6, 6.07) is 12.5. The average molecular weight is 405 g/mol. The summed E-state index contributed by atoms with van der Waals surface area (Å²) >= 11 is 0. The molecular weight excluding hydrogens is 376 g/mol. The third-order valence-corrected chi connectivity index (χ3v) is 6.57. The highest BCUT2D eigenvalue weighted by molar-refractivity contribution is 5.85. The van der Waals surface area contributed by atoms with Gasteiger partial charge in [0.05, 0.1) is 32.5 Å². The lowest BCUT2D eigenvalue weighted by atomic mass is 9.93. The monoisotopic (exact) mass is 404 g/mol. The molecule has 2 aromatic carbocycles. The molecule has 1 heterocycles. The number of methoxy groups -OCH3 is 3. The van der Waals surface area contributed by atoms with E-state index in [-0.39, 0.29) is 0 Å². The zero-order chi connectivity index (χ0) is 20.7. The van der Waals surface area contributed by atoms with E-state index in [4.69, 9.17) is 24.2 Å². The summed E-state index contributed by atoms with van der Waals surface area (Å²) in [5.74, 6) is 4.83. The number of hydrogen-bond donors (Lipinski definition) is 0. The Morgan fingerprint density at radius 3 is 2.23 bits per heavy atom. The van der Waals surface area contributed by atoms with Gasteiger partial charge in [-0.2, -0.15) is 0 Å². The Labute approximate surface area is 177 Å². The van der Waals surface area contributed by atoms with E-state index in [2.05, 4.69) is 24.3 Å². The predicted molar refractivity (Wildman–Crippen MR) is 117 cm³/mol. The van der Waals surface area contributed by atoms with Crippen LogP contribution in [0.15, 0.2) is 36.4 Å². The molecule has 1 aromatic heterocycles. The fourth-order valence-electron chi connectivity index (χ4n) is 4.76.